The number of halogens is 3. The van der Waals surface area contributed by atoms with E-state index in [0.29, 0.717) is 43.1 Å². The number of anilines is 1. The Morgan fingerprint density at radius 2 is 1.81 bits per heavy atom. The van der Waals surface area contributed by atoms with Gasteiger partial charge in [0.15, 0.2) is 11.6 Å². The molecule has 1 fully saturated rings. The van der Waals surface area contributed by atoms with Gasteiger partial charge in [0.1, 0.15) is 11.6 Å². The summed E-state index contributed by atoms with van der Waals surface area (Å²) in [5, 5.41) is 4.81. The molecule has 0 unspecified atom stereocenters. The van der Waals surface area contributed by atoms with Crippen LogP contribution in [0.3, 0.4) is 0 Å². The zero-order valence-electron chi connectivity index (χ0n) is 16.9. The Labute approximate surface area is 186 Å². The molecule has 32 heavy (non-hydrogen) atoms. The molecule has 2 amide bonds. The second-order valence-electron chi connectivity index (χ2n) is 7.17. The summed E-state index contributed by atoms with van der Waals surface area (Å²) in [7, 11) is 0. The number of carbonyl (C=O) groups is 2. The minimum atomic E-state index is -1.40. The number of hydrogen-bond acceptors (Lipinski definition) is 5. The summed E-state index contributed by atoms with van der Waals surface area (Å²) in [6, 6.07) is 8.28. The molecular formula is C22H19F3N4O2S. The first-order chi connectivity index (χ1) is 15.4. The number of piperazine rings is 1. The van der Waals surface area contributed by atoms with Crippen molar-refractivity contribution < 1.29 is 22.8 Å². The molecule has 1 N–H and O–H groups in total. The molecular weight excluding hydrogens is 441 g/mol. The van der Waals surface area contributed by atoms with Crippen LogP contribution in [-0.4, -0.2) is 47.9 Å². The minimum Gasteiger partial charge on any atom is -0.352 e. The van der Waals surface area contributed by atoms with Gasteiger partial charge in [-0.25, -0.2) is 18.2 Å². The summed E-state index contributed by atoms with van der Waals surface area (Å²) >= 11 is 1.54. The molecule has 1 aromatic carbocycles. The number of hydrogen-bond donors (Lipinski definition) is 1. The van der Waals surface area contributed by atoms with Crippen molar-refractivity contribution in [2.75, 3.05) is 31.1 Å². The third-order valence-electron chi connectivity index (χ3n) is 5.12. The monoisotopic (exact) mass is 460 g/mol. The van der Waals surface area contributed by atoms with Crippen LogP contribution >= 0.6 is 11.3 Å². The number of carbonyl (C=O) groups excluding carboxylic acids is 2. The van der Waals surface area contributed by atoms with E-state index in [-0.39, 0.29) is 19.0 Å². The highest BCUT2D eigenvalue weighted by molar-refractivity contribution is 7.09. The van der Waals surface area contributed by atoms with E-state index in [1.54, 1.807) is 29.7 Å². The lowest BCUT2D eigenvalue weighted by molar-refractivity contribution is 0.0739. The highest BCUT2D eigenvalue weighted by Crippen LogP contribution is 2.22. The van der Waals surface area contributed by atoms with Gasteiger partial charge < -0.3 is 15.1 Å². The van der Waals surface area contributed by atoms with Gasteiger partial charge >= 0.3 is 0 Å². The van der Waals surface area contributed by atoms with Gasteiger partial charge in [0.05, 0.1) is 17.7 Å². The van der Waals surface area contributed by atoms with Crippen molar-refractivity contribution in [2.24, 2.45) is 0 Å². The van der Waals surface area contributed by atoms with Crippen LogP contribution in [0.2, 0.25) is 0 Å². The molecule has 1 aliphatic heterocycles. The Bertz CT molecular complexity index is 1130. The van der Waals surface area contributed by atoms with E-state index in [2.05, 4.69) is 10.3 Å². The third kappa shape index (κ3) is 4.59. The predicted octanol–water partition coefficient (Wildman–Crippen LogP) is 3.45. The first-order valence-corrected chi connectivity index (χ1v) is 10.8. The Balaban J connectivity index is 1.43. The van der Waals surface area contributed by atoms with Crippen LogP contribution < -0.4 is 10.2 Å². The van der Waals surface area contributed by atoms with Crippen LogP contribution in [-0.2, 0) is 6.54 Å². The SMILES string of the molecule is O=C(NCc1cccs1)c1cccnc1N1CCN(C(=O)c2cc(F)cc(F)c2F)CC1. The lowest BCUT2D eigenvalue weighted by atomic mass is 10.1. The molecule has 0 spiro atoms. The molecule has 0 atom stereocenters. The van der Waals surface area contributed by atoms with Gasteiger partial charge in [-0.2, -0.15) is 0 Å². The average molecular weight is 460 g/mol. The van der Waals surface area contributed by atoms with Crippen molar-refractivity contribution in [3.63, 3.8) is 0 Å². The highest BCUT2D eigenvalue weighted by Gasteiger charge is 2.28. The van der Waals surface area contributed by atoms with Gasteiger partial charge in [-0.3, -0.25) is 9.59 Å². The molecule has 0 radical (unpaired) electrons. The zero-order valence-corrected chi connectivity index (χ0v) is 17.7. The third-order valence-corrected chi connectivity index (χ3v) is 6.00. The maximum Gasteiger partial charge on any atom is 0.257 e. The maximum atomic E-state index is 14.0. The van der Waals surface area contributed by atoms with E-state index < -0.39 is 28.9 Å². The number of aromatic nitrogens is 1. The van der Waals surface area contributed by atoms with Crippen LogP contribution in [0.5, 0.6) is 0 Å². The number of thiophene rings is 1. The molecule has 10 heteroatoms. The van der Waals surface area contributed by atoms with E-state index in [0.717, 1.165) is 4.88 Å². The van der Waals surface area contributed by atoms with Gasteiger partial charge in [0.2, 0.25) is 0 Å². The second-order valence-corrected chi connectivity index (χ2v) is 8.20. The van der Waals surface area contributed by atoms with Crippen LogP contribution in [0, 0.1) is 17.5 Å². The lowest BCUT2D eigenvalue weighted by Gasteiger charge is -2.36. The predicted molar refractivity (Wildman–Crippen MR) is 114 cm³/mol. The number of rotatable bonds is 5. The van der Waals surface area contributed by atoms with E-state index in [1.807, 2.05) is 22.4 Å². The highest BCUT2D eigenvalue weighted by atomic mass is 32.1. The molecule has 3 aromatic rings. The summed E-state index contributed by atoms with van der Waals surface area (Å²) in [4.78, 5) is 33.9. The summed E-state index contributed by atoms with van der Waals surface area (Å²) in [6.07, 6.45) is 1.58. The van der Waals surface area contributed by atoms with Crippen molar-refractivity contribution in [2.45, 2.75) is 6.54 Å². The van der Waals surface area contributed by atoms with Crippen molar-refractivity contribution >= 4 is 29.0 Å². The van der Waals surface area contributed by atoms with Gasteiger partial charge in [-0.15, -0.1) is 11.3 Å². The molecule has 166 valence electrons. The first-order valence-electron chi connectivity index (χ1n) is 9.88. The van der Waals surface area contributed by atoms with Gasteiger partial charge in [0.25, 0.3) is 11.8 Å². The molecule has 0 saturated carbocycles. The van der Waals surface area contributed by atoms with E-state index in [9.17, 15) is 22.8 Å². The molecule has 3 heterocycles. The van der Waals surface area contributed by atoms with Crippen LogP contribution in [0.15, 0.2) is 48.0 Å². The number of benzene rings is 1. The molecule has 2 aromatic heterocycles. The van der Waals surface area contributed by atoms with Crippen molar-refractivity contribution in [1.82, 2.24) is 15.2 Å². The minimum absolute atomic E-state index is 0.184. The summed E-state index contributed by atoms with van der Waals surface area (Å²) < 4.78 is 40.9. The molecule has 0 aliphatic carbocycles. The van der Waals surface area contributed by atoms with Crippen LogP contribution in [0.25, 0.3) is 0 Å². The molecule has 6 nitrogen and oxygen atoms in total. The van der Waals surface area contributed by atoms with Crippen LogP contribution in [0.4, 0.5) is 19.0 Å². The molecule has 1 saturated heterocycles. The molecule has 0 bridgehead atoms. The fourth-order valence-corrected chi connectivity index (χ4v) is 4.15. The van der Waals surface area contributed by atoms with Gasteiger partial charge in [-0.05, 0) is 29.6 Å². The summed E-state index contributed by atoms with van der Waals surface area (Å²) in [5.74, 6) is -4.36. The van der Waals surface area contributed by atoms with E-state index in [4.69, 9.17) is 0 Å². The summed E-state index contributed by atoms with van der Waals surface area (Å²) in [5.41, 5.74) is -0.232. The zero-order chi connectivity index (χ0) is 22.7. The standard InChI is InChI=1S/C22H19F3N4O2S/c23-14-11-17(19(25)18(24)12-14)22(31)29-8-6-28(7-9-29)20-16(4-1-5-26-20)21(30)27-13-15-3-2-10-32-15/h1-5,10-12H,6-9,13H2,(H,27,30). The maximum absolute atomic E-state index is 14.0. The molecule has 1 aliphatic rings. The normalized spacial score (nSPS) is 13.8. The second kappa shape index (κ2) is 9.39. The topological polar surface area (TPSA) is 65.5 Å². The Hall–Kier alpha value is -3.40. The number of pyridine rings is 1. The van der Waals surface area contributed by atoms with Gasteiger partial charge in [-0.1, -0.05) is 6.07 Å². The number of amides is 2. The fraction of sp³-hybridized carbons (Fsp3) is 0.227. The Kier molecular flexibility index (Phi) is 6.40. The average Bonchev–Trinajstić information content (AvgIpc) is 3.33. The van der Waals surface area contributed by atoms with E-state index in [1.165, 1.54) is 4.90 Å². The number of nitrogens with zero attached hydrogens (tertiary/aromatic N) is 3. The Morgan fingerprint density at radius 3 is 2.53 bits per heavy atom. The fourth-order valence-electron chi connectivity index (χ4n) is 3.51. The van der Waals surface area contributed by atoms with E-state index >= 15 is 0 Å². The largest absolute Gasteiger partial charge is 0.352 e. The smallest absolute Gasteiger partial charge is 0.257 e. The van der Waals surface area contributed by atoms with Crippen molar-refractivity contribution in [3.8, 4) is 0 Å². The number of nitrogens with one attached hydrogen (secondary N) is 1. The van der Waals surface area contributed by atoms with Crippen molar-refractivity contribution in [3.05, 3.63) is 81.4 Å². The quantitative estimate of drug-likeness (QED) is 0.593. The van der Waals surface area contributed by atoms with Gasteiger partial charge in [0, 0.05) is 43.3 Å². The summed E-state index contributed by atoms with van der Waals surface area (Å²) in [6.45, 7) is 1.43. The lowest BCUT2D eigenvalue weighted by Crippen LogP contribution is -2.49. The first kappa shape index (κ1) is 21.8. The Morgan fingerprint density at radius 1 is 1.03 bits per heavy atom. The van der Waals surface area contributed by atoms with Crippen molar-refractivity contribution in [1.29, 1.82) is 0 Å². The van der Waals surface area contributed by atoms with Crippen LogP contribution in [0.1, 0.15) is 25.6 Å². The molecule has 4 rings (SSSR count).